The highest BCUT2D eigenvalue weighted by molar-refractivity contribution is 6.11. The molecule has 0 radical (unpaired) electrons. The van der Waals surface area contributed by atoms with E-state index in [0.717, 1.165) is 48.5 Å². The van der Waals surface area contributed by atoms with Gasteiger partial charge in [0.15, 0.2) is 5.76 Å². The van der Waals surface area contributed by atoms with Crippen LogP contribution in [-0.4, -0.2) is 49.4 Å². The van der Waals surface area contributed by atoms with Gasteiger partial charge >= 0.3 is 0 Å². The fraction of sp³-hybridized carbons (Fsp3) is 0.360. The molecule has 2 heterocycles. The van der Waals surface area contributed by atoms with Crippen molar-refractivity contribution < 1.29 is 9.94 Å². The number of rotatable bonds is 8. The molecule has 1 fully saturated rings. The van der Waals surface area contributed by atoms with Crippen LogP contribution in [0.5, 0.6) is 0 Å². The summed E-state index contributed by atoms with van der Waals surface area (Å²) in [5, 5.41) is 9.71. The highest BCUT2D eigenvalue weighted by Gasteiger charge is 2.17. The van der Waals surface area contributed by atoms with Crippen LogP contribution in [0.15, 0.2) is 76.4 Å². The Hall–Kier alpha value is -3.16. The second-order valence-corrected chi connectivity index (χ2v) is 7.66. The number of aliphatic hydroxyl groups is 1. The molecule has 0 aromatic heterocycles. The van der Waals surface area contributed by atoms with Gasteiger partial charge in [-0.2, -0.15) is 5.48 Å². The molecule has 3 rings (SSSR count). The summed E-state index contributed by atoms with van der Waals surface area (Å²) in [4.78, 5) is 16.6. The van der Waals surface area contributed by atoms with Gasteiger partial charge < -0.3 is 20.6 Å². The van der Waals surface area contributed by atoms with E-state index in [1.54, 1.807) is 13.2 Å². The zero-order chi connectivity index (χ0) is 22.8. The van der Waals surface area contributed by atoms with Gasteiger partial charge in [-0.25, -0.2) is 4.99 Å². The minimum Gasteiger partial charge on any atom is -0.409 e. The second kappa shape index (κ2) is 12.0. The number of allylic oxidation sites excluding steroid dienone is 6. The summed E-state index contributed by atoms with van der Waals surface area (Å²) in [6, 6.07) is 8.36. The number of piperidine rings is 1. The minimum atomic E-state index is -0.169. The molecule has 0 aliphatic carbocycles. The molecule has 0 amide bonds. The summed E-state index contributed by atoms with van der Waals surface area (Å²) in [5.74, 6) is 1.28. The summed E-state index contributed by atoms with van der Waals surface area (Å²) in [6.45, 7) is 4.16. The number of anilines is 1. The Kier molecular flexibility index (Phi) is 8.83. The summed E-state index contributed by atoms with van der Waals surface area (Å²) in [7, 11) is 1.75. The van der Waals surface area contributed by atoms with E-state index in [1.807, 2.05) is 31.2 Å². The van der Waals surface area contributed by atoms with Crippen molar-refractivity contribution in [2.45, 2.75) is 32.3 Å². The molecule has 0 saturated carbocycles. The van der Waals surface area contributed by atoms with Crippen molar-refractivity contribution in [1.29, 1.82) is 0 Å². The van der Waals surface area contributed by atoms with E-state index in [1.165, 1.54) is 5.69 Å². The topological polar surface area (TPSA) is 95.5 Å². The first-order valence-electron chi connectivity index (χ1n) is 11.0. The second-order valence-electron chi connectivity index (χ2n) is 7.66. The van der Waals surface area contributed by atoms with E-state index in [-0.39, 0.29) is 6.10 Å². The lowest BCUT2D eigenvalue weighted by Crippen LogP contribution is -2.35. The maximum Gasteiger partial charge on any atom is 0.150 e. The molecule has 1 aromatic carbocycles. The highest BCUT2D eigenvalue weighted by atomic mass is 16.6. The van der Waals surface area contributed by atoms with Crippen molar-refractivity contribution >= 4 is 23.0 Å². The van der Waals surface area contributed by atoms with Gasteiger partial charge in [-0.15, -0.1) is 0 Å². The normalized spacial score (nSPS) is 18.5. The molecular weight excluding hydrogens is 402 g/mol. The highest BCUT2D eigenvalue weighted by Crippen LogP contribution is 2.24. The van der Waals surface area contributed by atoms with E-state index in [0.29, 0.717) is 18.8 Å². The third kappa shape index (κ3) is 6.67. The molecule has 0 atom stereocenters. The molecule has 1 aromatic rings. The number of nitrogens with one attached hydrogen (secondary N) is 1. The van der Waals surface area contributed by atoms with E-state index in [9.17, 15) is 5.11 Å². The van der Waals surface area contributed by atoms with Gasteiger partial charge in [-0.05, 0) is 68.2 Å². The van der Waals surface area contributed by atoms with Crippen molar-refractivity contribution in [3.8, 4) is 0 Å². The zero-order valence-electron chi connectivity index (χ0n) is 18.9. The zero-order valence-corrected chi connectivity index (χ0v) is 18.9. The Morgan fingerprint density at radius 3 is 2.72 bits per heavy atom. The number of amidine groups is 1. The molecule has 1 saturated heterocycles. The predicted molar refractivity (Wildman–Crippen MR) is 133 cm³/mol. The fourth-order valence-corrected chi connectivity index (χ4v) is 3.64. The van der Waals surface area contributed by atoms with Crippen LogP contribution in [0.25, 0.3) is 5.76 Å². The smallest absolute Gasteiger partial charge is 0.150 e. The first-order valence-corrected chi connectivity index (χ1v) is 11.0. The first kappa shape index (κ1) is 23.5. The standard InChI is InChI=1S/C25H33N5O2/c1-3-19(23-12-15-28-25(26)18-29-23)6-4-5-7-24(32-27-2)20-8-10-21(11-9-20)30-16-13-22(31)14-17-30/h3-4,6-12,15,22,27,31H,5,13-14,16-18H2,1-2H3,(H2,26,28)/b6-4-,19-3+,24-7-. The largest absolute Gasteiger partial charge is 0.409 e. The molecule has 170 valence electrons. The van der Waals surface area contributed by atoms with Crippen LogP contribution < -0.4 is 16.1 Å². The molecule has 0 unspecified atom stereocenters. The van der Waals surface area contributed by atoms with Crippen LogP contribution >= 0.6 is 0 Å². The van der Waals surface area contributed by atoms with E-state index < -0.39 is 0 Å². The Balaban J connectivity index is 1.64. The number of hydrogen-bond acceptors (Lipinski definition) is 7. The van der Waals surface area contributed by atoms with Gasteiger partial charge in [-0.3, -0.25) is 4.99 Å². The van der Waals surface area contributed by atoms with Gasteiger partial charge in [0.1, 0.15) is 5.84 Å². The average Bonchev–Trinajstić information content (AvgIpc) is 3.03. The number of nitrogens with two attached hydrogens (primary N) is 1. The van der Waals surface area contributed by atoms with Gasteiger partial charge in [0.25, 0.3) is 0 Å². The molecular formula is C25H33N5O2. The van der Waals surface area contributed by atoms with E-state index in [2.05, 4.69) is 50.7 Å². The monoisotopic (exact) mass is 435 g/mol. The van der Waals surface area contributed by atoms with Crippen molar-refractivity contribution in [3.63, 3.8) is 0 Å². The van der Waals surface area contributed by atoms with Gasteiger partial charge in [0.05, 0.1) is 18.4 Å². The van der Waals surface area contributed by atoms with Crippen LogP contribution in [0.4, 0.5) is 5.69 Å². The van der Waals surface area contributed by atoms with Crippen LogP contribution in [0.2, 0.25) is 0 Å². The van der Waals surface area contributed by atoms with Crippen molar-refractivity contribution in [2.24, 2.45) is 15.7 Å². The molecule has 0 spiro atoms. The molecule has 0 bridgehead atoms. The maximum absolute atomic E-state index is 9.71. The minimum absolute atomic E-state index is 0.169. The van der Waals surface area contributed by atoms with Crippen LogP contribution in [0, 0.1) is 0 Å². The van der Waals surface area contributed by atoms with Crippen LogP contribution in [0.1, 0.15) is 31.7 Å². The SMILES string of the molecule is C/C=C(\C=C/C/C=C(\ONC)c1ccc(N2CCC(O)CC2)cc1)C1=NCC(N)=NC=C1. The fourth-order valence-electron chi connectivity index (χ4n) is 3.64. The number of aliphatic hydroxyl groups excluding tert-OH is 1. The number of hydroxylamine groups is 1. The third-order valence-corrected chi connectivity index (χ3v) is 5.42. The molecule has 7 nitrogen and oxygen atoms in total. The molecule has 7 heteroatoms. The predicted octanol–water partition coefficient (Wildman–Crippen LogP) is 3.36. The maximum atomic E-state index is 9.71. The van der Waals surface area contributed by atoms with Gasteiger partial charge in [-0.1, -0.05) is 18.2 Å². The Labute approximate surface area is 190 Å². The first-order chi connectivity index (χ1) is 15.6. The lowest BCUT2D eigenvalue weighted by molar-refractivity contribution is 0.145. The van der Waals surface area contributed by atoms with Gasteiger partial charge in [0.2, 0.25) is 0 Å². The molecule has 4 N–H and O–H groups in total. The Bertz CT molecular complexity index is 934. The van der Waals surface area contributed by atoms with E-state index in [4.69, 9.17) is 10.6 Å². The lowest BCUT2D eigenvalue weighted by Gasteiger charge is -2.31. The van der Waals surface area contributed by atoms with Crippen LogP contribution in [-0.2, 0) is 4.84 Å². The summed E-state index contributed by atoms with van der Waals surface area (Å²) in [5.41, 5.74) is 12.6. The molecule has 2 aliphatic rings. The average molecular weight is 436 g/mol. The van der Waals surface area contributed by atoms with Crippen LogP contribution in [0.3, 0.4) is 0 Å². The number of hydrogen-bond donors (Lipinski definition) is 3. The molecule has 2 aliphatic heterocycles. The summed E-state index contributed by atoms with van der Waals surface area (Å²) < 4.78 is 0. The number of benzene rings is 1. The Morgan fingerprint density at radius 1 is 1.28 bits per heavy atom. The van der Waals surface area contributed by atoms with Crippen molar-refractivity contribution in [1.82, 2.24) is 5.48 Å². The number of aliphatic imine (C=N–C) groups is 2. The summed E-state index contributed by atoms with van der Waals surface area (Å²) in [6.07, 6.45) is 13.9. The number of nitrogens with zero attached hydrogens (tertiary/aromatic N) is 3. The quantitative estimate of drug-likeness (QED) is 0.331. The lowest BCUT2D eigenvalue weighted by atomic mass is 10.1. The summed E-state index contributed by atoms with van der Waals surface area (Å²) >= 11 is 0. The van der Waals surface area contributed by atoms with Crippen molar-refractivity contribution in [2.75, 3.05) is 31.6 Å². The Morgan fingerprint density at radius 2 is 2.03 bits per heavy atom. The molecule has 32 heavy (non-hydrogen) atoms. The third-order valence-electron chi connectivity index (χ3n) is 5.42. The van der Waals surface area contributed by atoms with E-state index >= 15 is 0 Å². The van der Waals surface area contributed by atoms with Crippen molar-refractivity contribution in [3.05, 3.63) is 72.0 Å². The van der Waals surface area contributed by atoms with Gasteiger partial charge in [0, 0.05) is 37.6 Å².